The van der Waals surface area contributed by atoms with Crippen LogP contribution in [0.1, 0.15) is 20.8 Å². The minimum atomic E-state index is -0.917. The van der Waals surface area contributed by atoms with E-state index in [0.717, 1.165) is 0 Å². The minimum absolute atomic E-state index is 0.174. The average Bonchev–Trinajstić information content (AvgIpc) is 1.82. The van der Waals surface area contributed by atoms with Gasteiger partial charge in [0.2, 0.25) is 0 Å². The Balaban J connectivity index is 3.39. The Morgan fingerprint density at radius 3 is 2.40 bits per heavy atom. The number of carbonyl (C=O) groups excluding carboxylic acids is 1. The number of hydrogen-bond donors (Lipinski definition) is 0. The first-order chi connectivity index (χ1) is 4.54. The van der Waals surface area contributed by atoms with Gasteiger partial charge in [0, 0.05) is 12.8 Å². The third-order valence-electron chi connectivity index (χ3n) is 1.33. The van der Waals surface area contributed by atoms with E-state index >= 15 is 0 Å². The van der Waals surface area contributed by atoms with Crippen LogP contribution in [0.4, 0.5) is 4.39 Å². The number of hydrogen-bond acceptors (Lipinski definition) is 2. The molecule has 0 aromatic carbocycles. The van der Waals surface area contributed by atoms with Gasteiger partial charge in [0.1, 0.15) is 6.17 Å². The number of alkyl halides is 1. The Kier molecular flexibility index (Phi) is 4.00. The largest absolute Gasteiger partial charge is 0.465 e. The zero-order valence-electron chi connectivity index (χ0n) is 6.56. The summed E-state index contributed by atoms with van der Waals surface area (Å²) in [5.74, 6) is -0.559. The molecule has 0 fully saturated rings. The number of carbonyl (C=O) groups is 1. The molecule has 0 heterocycles. The molecular formula is C7H13FO2. The number of ether oxygens (including phenoxy) is 1. The topological polar surface area (TPSA) is 26.3 Å². The van der Waals surface area contributed by atoms with E-state index in [9.17, 15) is 9.18 Å². The summed E-state index contributed by atoms with van der Waals surface area (Å²) in [6, 6.07) is 0. The fourth-order valence-electron chi connectivity index (χ4n) is 0.381. The lowest BCUT2D eigenvalue weighted by Crippen LogP contribution is -2.16. The van der Waals surface area contributed by atoms with Crippen LogP contribution in [0.5, 0.6) is 0 Å². The van der Waals surface area contributed by atoms with E-state index < -0.39 is 6.17 Å². The van der Waals surface area contributed by atoms with Crippen LogP contribution in [0.25, 0.3) is 0 Å². The standard InChI is InChI=1S/C7H13FO2/c1-5(6(2)8)4-10-7(3)9/h5-6H,4H2,1-3H3. The lowest BCUT2D eigenvalue weighted by atomic mass is 10.1. The Morgan fingerprint density at radius 2 is 2.10 bits per heavy atom. The smallest absolute Gasteiger partial charge is 0.302 e. The van der Waals surface area contributed by atoms with Crippen LogP contribution in [0.3, 0.4) is 0 Å². The van der Waals surface area contributed by atoms with Crippen molar-refractivity contribution in [3.05, 3.63) is 0 Å². The van der Waals surface area contributed by atoms with Crippen LogP contribution in [0, 0.1) is 5.92 Å². The van der Waals surface area contributed by atoms with Gasteiger partial charge in [0.25, 0.3) is 0 Å². The quantitative estimate of drug-likeness (QED) is 0.567. The molecule has 0 aliphatic carbocycles. The van der Waals surface area contributed by atoms with Gasteiger partial charge in [-0.05, 0) is 6.92 Å². The summed E-state index contributed by atoms with van der Waals surface area (Å²) in [6.07, 6.45) is -0.917. The van der Waals surface area contributed by atoms with Crippen molar-refractivity contribution in [2.75, 3.05) is 6.61 Å². The van der Waals surface area contributed by atoms with Crippen molar-refractivity contribution in [1.82, 2.24) is 0 Å². The van der Waals surface area contributed by atoms with Crippen molar-refractivity contribution in [3.8, 4) is 0 Å². The van der Waals surface area contributed by atoms with E-state index in [2.05, 4.69) is 4.74 Å². The second-order valence-electron chi connectivity index (χ2n) is 2.46. The van der Waals surface area contributed by atoms with E-state index in [1.54, 1.807) is 6.92 Å². The lowest BCUT2D eigenvalue weighted by molar-refractivity contribution is -0.142. The first-order valence-electron chi connectivity index (χ1n) is 3.31. The van der Waals surface area contributed by atoms with Gasteiger partial charge in [0.05, 0.1) is 6.61 Å². The summed E-state index contributed by atoms with van der Waals surface area (Å²) >= 11 is 0. The average molecular weight is 148 g/mol. The normalized spacial score (nSPS) is 16.0. The third-order valence-corrected chi connectivity index (χ3v) is 1.33. The summed E-state index contributed by atoms with van der Waals surface area (Å²) in [5.41, 5.74) is 0. The molecular weight excluding hydrogens is 135 g/mol. The SMILES string of the molecule is CC(=O)OCC(C)C(C)F. The highest BCUT2D eigenvalue weighted by Gasteiger charge is 2.11. The molecule has 60 valence electrons. The van der Waals surface area contributed by atoms with E-state index in [0.29, 0.717) is 0 Å². The van der Waals surface area contributed by atoms with Crippen molar-refractivity contribution >= 4 is 5.97 Å². The Labute approximate surface area is 60.4 Å². The first kappa shape index (κ1) is 9.40. The monoisotopic (exact) mass is 148 g/mol. The third kappa shape index (κ3) is 4.30. The van der Waals surface area contributed by atoms with E-state index in [-0.39, 0.29) is 18.5 Å². The summed E-state index contributed by atoms with van der Waals surface area (Å²) in [7, 11) is 0. The van der Waals surface area contributed by atoms with Crippen LogP contribution in [-0.4, -0.2) is 18.7 Å². The summed E-state index contributed by atoms with van der Waals surface area (Å²) in [5, 5.41) is 0. The molecule has 0 aliphatic heterocycles. The molecule has 0 N–H and O–H groups in total. The van der Waals surface area contributed by atoms with Crippen LogP contribution in [-0.2, 0) is 9.53 Å². The molecule has 2 atom stereocenters. The minimum Gasteiger partial charge on any atom is -0.465 e. The molecule has 10 heavy (non-hydrogen) atoms. The molecule has 3 heteroatoms. The number of halogens is 1. The molecule has 0 spiro atoms. The maximum Gasteiger partial charge on any atom is 0.302 e. The molecule has 0 aliphatic rings. The van der Waals surface area contributed by atoms with Crippen molar-refractivity contribution in [2.24, 2.45) is 5.92 Å². The Morgan fingerprint density at radius 1 is 1.60 bits per heavy atom. The van der Waals surface area contributed by atoms with E-state index in [1.165, 1.54) is 13.8 Å². The molecule has 0 saturated carbocycles. The second-order valence-corrected chi connectivity index (χ2v) is 2.46. The van der Waals surface area contributed by atoms with E-state index in [4.69, 9.17) is 0 Å². The highest BCUT2D eigenvalue weighted by molar-refractivity contribution is 5.65. The highest BCUT2D eigenvalue weighted by Crippen LogP contribution is 2.06. The summed E-state index contributed by atoms with van der Waals surface area (Å²) in [4.78, 5) is 10.2. The van der Waals surface area contributed by atoms with Gasteiger partial charge in [-0.3, -0.25) is 4.79 Å². The molecule has 0 rings (SSSR count). The molecule has 0 aromatic heterocycles. The van der Waals surface area contributed by atoms with Crippen molar-refractivity contribution < 1.29 is 13.9 Å². The highest BCUT2D eigenvalue weighted by atomic mass is 19.1. The zero-order chi connectivity index (χ0) is 8.15. The fraction of sp³-hybridized carbons (Fsp3) is 0.857. The van der Waals surface area contributed by atoms with Crippen molar-refractivity contribution in [1.29, 1.82) is 0 Å². The molecule has 2 nitrogen and oxygen atoms in total. The maximum absolute atomic E-state index is 12.4. The maximum atomic E-state index is 12.4. The predicted octanol–water partition coefficient (Wildman–Crippen LogP) is 1.54. The van der Waals surface area contributed by atoms with Crippen molar-refractivity contribution in [2.45, 2.75) is 26.9 Å². The first-order valence-corrected chi connectivity index (χ1v) is 3.31. The zero-order valence-corrected chi connectivity index (χ0v) is 6.56. The second kappa shape index (κ2) is 4.25. The number of rotatable bonds is 3. The van der Waals surface area contributed by atoms with Crippen LogP contribution in [0.15, 0.2) is 0 Å². The van der Waals surface area contributed by atoms with Gasteiger partial charge in [-0.1, -0.05) is 6.92 Å². The Bertz CT molecular complexity index is 112. The molecule has 0 radical (unpaired) electrons. The predicted molar refractivity (Wildman–Crippen MR) is 36.4 cm³/mol. The molecule has 0 bridgehead atoms. The summed E-state index contributed by atoms with van der Waals surface area (Å²) in [6.45, 7) is 4.64. The Hall–Kier alpha value is -0.600. The van der Waals surface area contributed by atoms with Gasteiger partial charge < -0.3 is 4.74 Å². The number of esters is 1. The molecule has 2 unspecified atom stereocenters. The molecule has 0 aromatic rings. The van der Waals surface area contributed by atoms with Gasteiger partial charge >= 0.3 is 5.97 Å². The summed E-state index contributed by atoms with van der Waals surface area (Å²) < 4.78 is 16.9. The van der Waals surface area contributed by atoms with Gasteiger partial charge in [0.15, 0.2) is 0 Å². The lowest BCUT2D eigenvalue weighted by Gasteiger charge is -2.11. The van der Waals surface area contributed by atoms with Crippen LogP contribution < -0.4 is 0 Å². The van der Waals surface area contributed by atoms with Gasteiger partial charge in [-0.25, -0.2) is 4.39 Å². The van der Waals surface area contributed by atoms with Crippen LogP contribution in [0.2, 0.25) is 0 Å². The van der Waals surface area contributed by atoms with E-state index in [1.807, 2.05) is 0 Å². The van der Waals surface area contributed by atoms with Gasteiger partial charge in [-0.2, -0.15) is 0 Å². The van der Waals surface area contributed by atoms with Crippen molar-refractivity contribution in [3.63, 3.8) is 0 Å². The van der Waals surface area contributed by atoms with Crippen LogP contribution >= 0.6 is 0 Å². The van der Waals surface area contributed by atoms with Gasteiger partial charge in [-0.15, -0.1) is 0 Å². The fourth-order valence-corrected chi connectivity index (χ4v) is 0.381. The molecule has 0 saturated heterocycles. The molecule has 0 amide bonds.